The Morgan fingerprint density at radius 3 is 2.20 bits per heavy atom. The summed E-state index contributed by atoms with van der Waals surface area (Å²) in [7, 11) is -4.03. The second-order valence-electron chi connectivity index (χ2n) is 17.0. The summed E-state index contributed by atoms with van der Waals surface area (Å²) in [6.07, 6.45) is 11.5. The Morgan fingerprint density at radius 1 is 1.00 bits per heavy atom. The van der Waals surface area contributed by atoms with Crippen molar-refractivity contribution in [2.75, 3.05) is 0 Å². The summed E-state index contributed by atoms with van der Waals surface area (Å²) in [5, 5.41) is 0.178. The van der Waals surface area contributed by atoms with E-state index in [0.717, 1.165) is 32.1 Å². The van der Waals surface area contributed by atoms with Crippen molar-refractivity contribution in [1.29, 1.82) is 0 Å². The summed E-state index contributed by atoms with van der Waals surface area (Å²) < 4.78 is 25.9. The molecule has 0 saturated carbocycles. The minimum Gasteiger partial charge on any atom is -0.462 e. The van der Waals surface area contributed by atoms with Crippen LogP contribution in [0.1, 0.15) is 107 Å². The molecule has 1 unspecified atom stereocenters. The molecule has 0 bridgehead atoms. The molecule has 1 fully saturated rings. The van der Waals surface area contributed by atoms with Crippen LogP contribution in [-0.2, 0) is 27.9 Å². The van der Waals surface area contributed by atoms with Gasteiger partial charge in [-0.15, -0.1) is 0 Å². The fraction of sp³-hybridized carbons (Fsp3) is 0.833. The van der Waals surface area contributed by atoms with Gasteiger partial charge in [-0.25, -0.2) is 0 Å². The van der Waals surface area contributed by atoms with E-state index in [1.165, 1.54) is 5.57 Å². The molecule has 3 rings (SSSR count). The van der Waals surface area contributed by atoms with E-state index in [1.807, 2.05) is 6.92 Å². The molecule has 0 aromatic rings. The average molecular weight is 649 g/mol. The van der Waals surface area contributed by atoms with Crippen molar-refractivity contribution in [3.63, 3.8) is 0 Å². The van der Waals surface area contributed by atoms with Crippen molar-refractivity contribution < 1.29 is 27.9 Å². The van der Waals surface area contributed by atoms with Gasteiger partial charge >= 0.3 is 11.9 Å². The Balaban J connectivity index is 1.82. The minimum atomic E-state index is -2.03. The topological polar surface area (TPSA) is 71.1 Å². The molecule has 0 amide bonds. The lowest BCUT2D eigenvalue weighted by molar-refractivity contribution is -0.162. The number of carbonyl (C=O) groups is 2. The van der Waals surface area contributed by atoms with Crippen LogP contribution < -0.4 is 0 Å². The quantitative estimate of drug-likeness (QED) is 0.164. The number of allylic oxidation sites excluding steroid dienone is 2. The first-order chi connectivity index (χ1) is 20.1. The molecule has 0 radical (unpaired) electrons. The van der Waals surface area contributed by atoms with Crippen molar-refractivity contribution in [3.05, 3.63) is 23.8 Å². The summed E-state index contributed by atoms with van der Waals surface area (Å²) >= 11 is 0. The molecular weight excluding hydrogens is 585 g/mol. The lowest BCUT2D eigenvalue weighted by Crippen LogP contribution is -2.48. The molecule has 0 aromatic carbocycles. The highest BCUT2D eigenvalue weighted by Crippen LogP contribution is 2.47. The third kappa shape index (κ3) is 9.19. The van der Waals surface area contributed by atoms with E-state index in [2.05, 4.69) is 99.8 Å². The maximum Gasteiger partial charge on any atom is 0.308 e. The highest BCUT2D eigenvalue weighted by Gasteiger charge is 2.46. The monoisotopic (exact) mass is 648 g/mol. The number of cyclic esters (lactones) is 1. The van der Waals surface area contributed by atoms with Gasteiger partial charge in [-0.2, -0.15) is 0 Å². The summed E-state index contributed by atoms with van der Waals surface area (Å²) in [4.78, 5) is 26.0. The van der Waals surface area contributed by atoms with Gasteiger partial charge in [0, 0.05) is 18.8 Å². The first-order valence-corrected chi connectivity index (χ1v) is 23.1. The molecule has 1 saturated heterocycles. The van der Waals surface area contributed by atoms with Crippen LogP contribution >= 0.6 is 0 Å². The van der Waals surface area contributed by atoms with Gasteiger partial charge in [0.25, 0.3) is 0 Å². The van der Waals surface area contributed by atoms with Crippen LogP contribution in [0.5, 0.6) is 0 Å². The third-order valence-corrected chi connectivity index (χ3v) is 20.3. The molecule has 252 valence electrons. The number of hydrogen-bond donors (Lipinski definition) is 0. The average Bonchev–Trinajstić information content (AvgIpc) is 2.86. The van der Waals surface area contributed by atoms with Gasteiger partial charge in [0.1, 0.15) is 12.2 Å². The molecule has 6 nitrogen and oxygen atoms in total. The predicted octanol–water partition coefficient (Wildman–Crippen LogP) is 9.37. The van der Waals surface area contributed by atoms with Crippen LogP contribution in [-0.4, -0.2) is 53.0 Å². The first-order valence-electron chi connectivity index (χ1n) is 17.3. The van der Waals surface area contributed by atoms with E-state index in [0.29, 0.717) is 18.8 Å². The molecule has 1 heterocycles. The van der Waals surface area contributed by atoms with Gasteiger partial charge in [0.15, 0.2) is 16.6 Å². The Bertz CT molecular complexity index is 1070. The number of rotatable bonds is 11. The van der Waals surface area contributed by atoms with Crippen LogP contribution in [0.25, 0.3) is 0 Å². The third-order valence-electron chi connectivity index (χ3n) is 11.3. The zero-order valence-electron chi connectivity index (χ0n) is 30.3. The minimum absolute atomic E-state index is 0.0762. The first kappa shape index (κ1) is 37.2. The number of ether oxygens (including phenoxy) is 2. The molecule has 0 aromatic heterocycles. The van der Waals surface area contributed by atoms with Crippen LogP contribution in [0, 0.1) is 23.7 Å². The second-order valence-corrected chi connectivity index (χ2v) is 26.5. The molecule has 2 aliphatic carbocycles. The van der Waals surface area contributed by atoms with Crippen LogP contribution in [0.15, 0.2) is 23.8 Å². The largest absolute Gasteiger partial charge is 0.462 e. The fourth-order valence-electron chi connectivity index (χ4n) is 6.51. The smallest absolute Gasteiger partial charge is 0.308 e. The van der Waals surface area contributed by atoms with Crippen molar-refractivity contribution in [2.24, 2.45) is 23.7 Å². The molecule has 44 heavy (non-hydrogen) atoms. The SMILES string of the molecule is CCC[C@H](C)C(=O)O[C@H]1C[C@@H](O[Si](C)(C)C(C)(C)C)C=C2C=C[C@@H](C)[C@@H](CCC3C[C@H](O[Si](C)(C)C(C)(C)C)CC(=O)O3)[C@@H]21. The molecule has 0 spiro atoms. The van der Waals surface area contributed by atoms with E-state index < -0.39 is 16.6 Å². The normalized spacial score (nSPS) is 30.7. The van der Waals surface area contributed by atoms with E-state index in [1.54, 1.807) is 0 Å². The van der Waals surface area contributed by atoms with E-state index in [4.69, 9.17) is 18.3 Å². The van der Waals surface area contributed by atoms with Gasteiger partial charge in [-0.05, 0) is 72.9 Å². The second kappa shape index (κ2) is 14.3. The molecule has 3 aliphatic rings. The molecule has 1 aliphatic heterocycles. The van der Waals surface area contributed by atoms with Gasteiger partial charge in [0.2, 0.25) is 0 Å². The Morgan fingerprint density at radius 2 is 1.61 bits per heavy atom. The molecule has 0 N–H and O–H groups in total. The lowest BCUT2D eigenvalue weighted by Gasteiger charge is -2.46. The Hall–Kier alpha value is -1.23. The fourth-order valence-corrected chi connectivity index (χ4v) is 9.15. The summed E-state index contributed by atoms with van der Waals surface area (Å²) in [6.45, 7) is 28.9. The van der Waals surface area contributed by atoms with Crippen LogP contribution in [0.3, 0.4) is 0 Å². The van der Waals surface area contributed by atoms with Crippen molar-refractivity contribution in [1.82, 2.24) is 0 Å². The van der Waals surface area contributed by atoms with E-state index in [-0.39, 0.29) is 64.2 Å². The predicted molar refractivity (Wildman–Crippen MR) is 184 cm³/mol. The molecule has 8 atom stereocenters. The van der Waals surface area contributed by atoms with Gasteiger partial charge in [-0.1, -0.05) is 87.0 Å². The number of carbonyl (C=O) groups excluding carboxylic acids is 2. The molecule has 8 heteroatoms. The maximum absolute atomic E-state index is 13.3. The summed E-state index contributed by atoms with van der Waals surface area (Å²) in [5.74, 6) is 0.330. The maximum atomic E-state index is 13.3. The summed E-state index contributed by atoms with van der Waals surface area (Å²) in [5.41, 5.74) is 1.23. The van der Waals surface area contributed by atoms with Gasteiger partial charge < -0.3 is 18.3 Å². The Kier molecular flexibility index (Phi) is 12.1. The van der Waals surface area contributed by atoms with Crippen molar-refractivity contribution in [3.8, 4) is 0 Å². The Labute approximate surface area is 271 Å². The number of esters is 2. The van der Waals surface area contributed by atoms with E-state index in [9.17, 15) is 9.59 Å². The van der Waals surface area contributed by atoms with Crippen molar-refractivity contribution >= 4 is 28.6 Å². The summed E-state index contributed by atoms with van der Waals surface area (Å²) in [6, 6.07) is 0. The van der Waals surface area contributed by atoms with Crippen LogP contribution in [0.2, 0.25) is 36.3 Å². The van der Waals surface area contributed by atoms with Gasteiger partial charge in [-0.3, -0.25) is 9.59 Å². The van der Waals surface area contributed by atoms with Crippen molar-refractivity contribution in [2.45, 2.75) is 168 Å². The highest BCUT2D eigenvalue weighted by molar-refractivity contribution is 6.74. The van der Waals surface area contributed by atoms with Crippen LogP contribution in [0.4, 0.5) is 0 Å². The van der Waals surface area contributed by atoms with E-state index >= 15 is 0 Å². The molecular formula is C36H64O6Si2. The zero-order chi connectivity index (χ0) is 33.3. The zero-order valence-corrected chi connectivity index (χ0v) is 32.3. The lowest BCUT2D eigenvalue weighted by atomic mass is 9.66. The number of hydrogen-bond acceptors (Lipinski definition) is 6. The number of fused-ring (bicyclic) bond motifs is 1. The highest BCUT2D eigenvalue weighted by atomic mass is 28.4. The van der Waals surface area contributed by atoms with Gasteiger partial charge in [0.05, 0.1) is 24.5 Å². The standard InChI is InChI=1S/C36H64O6Si2/c1-14-15-25(3)34(38)40-31-22-28(41-43(10,11)35(4,5)6)20-26-17-16-24(2)30(33(26)31)19-18-27-21-29(23-32(37)39-27)42-44(12,13)36(7,8)9/h16-17,20,24-25,27-31,33H,14-15,18-19,21-23H2,1-13H3/t24-,25+,27?,28+,29+,30-,31+,33-/m1/s1.